The number of likely N-dealkylation sites (N-methyl/N-ethyl adjacent to an activating group) is 1. The number of Topliss-reactive ketones (excluding diaryl/α,β-unsaturated/α-hetero) is 2. The van der Waals surface area contributed by atoms with E-state index in [2.05, 4.69) is 27.7 Å². The predicted octanol–water partition coefficient (Wildman–Crippen LogP) is 9.60. The number of hydrogen-bond acceptors (Lipinski definition) is 9. The van der Waals surface area contributed by atoms with Crippen molar-refractivity contribution >= 4 is 31.3 Å². The van der Waals surface area contributed by atoms with Gasteiger partial charge in [0, 0.05) is 25.7 Å². The van der Waals surface area contributed by atoms with Crippen molar-refractivity contribution in [2.45, 2.75) is 193 Å². The molecule has 0 saturated carbocycles. The first-order valence-corrected chi connectivity index (χ1v) is 22.1. The number of ketones is 2. The first-order valence-electron chi connectivity index (χ1n) is 20.6. The van der Waals surface area contributed by atoms with E-state index in [-0.39, 0.29) is 32.3 Å². The van der Waals surface area contributed by atoms with Crippen LogP contribution >= 0.6 is 7.82 Å². The lowest BCUT2D eigenvalue weighted by atomic mass is 9.82. The highest BCUT2D eigenvalue weighted by Crippen LogP contribution is 2.44. The fourth-order valence-electron chi connectivity index (χ4n) is 5.90. The highest BCUT2D eigenvalue weighted by atomic mass is 31.2. The lowest BCUT2D eigenvalue weighted by molar-refractivity contribution is -0.870. The van der Waals surface area contributed by atoms with E-state index in [9.17, 15) is 28.6 Å². The first-order chi connectivity index (χ1) is 24.7. The first kappa shape index (κ1) is 50.4. The number of quaternary nitrogens is 1. The van der Waals surface area contributed by atoms with Crippen LogP contribution in [0, 0.1) is 0 Å². The van der Waals surface area contributed by atoms with Gasteiger partial charge in [-0.05, 0) is 25.7 Å². The van der Waals surface area contributed by atoms with Crippen molar-refractivity contribution in [3.8, 4) is 0 Å². The highest BCUT2D eigenvalue weighted by molar-refractivity contribution is 7.47. The fraction of sp³-hybridized carbons (Fsp3) is 0.900. The molecule has 0 bridgehead atoms. The molecular formula is C40H77NO10P+. The Morgan fingerprint density at radius 2 is 0.962 bits per heavy atom. The van der Waals surface area contributed by atoms with Gasteiger partial charge < -0.3 is 18.9 Å². The molecular weight excluding hydrogens is 685 g/mol. The summed E-state index contributed by atoms with van der Waals surface area (Å²) in [5.41, 5.74) is -2.52. The zero-order valence-electron chi connectivity index (χ0n) is 34.2. The Morgan fingerprint density at radius 3 is 1.37 bits per heavy atom. The Balaban J connectivity index is 6.81. The largest absolute Gasteiger partial charge is 0.472 e. The minimum absolute atomic E-state index is 0.00880. The zero-order chi connectivity index (χ0) is 39.3. The third-order valence-corrected chi connectivity index (χ3v) is 10.2. The maximum atomic E-state index is 14.5. The van der Waals surface area contributed by atoms with Gasteiger partial charge in [-0.15, -0.1) is 0 Å². The molecule has 0 radical (unpaired) electrons. The molecule has 1 unspecified atom stereocenters. The number of nitrogens with zero attached hydrogens (tertiary/aromatic N) is 1. The normalized spacial score (nSPS) is 13.8. The molecule has 0 aliphatic carbocycles. The van der Waals surface area contributed by atoms with Gasteiger partial charge in [-0.3, -0.25) is 28.2 Å². The van der Waals surface area contributed by atoms with E-state index in [1.807, 2.05) is 21.1 Å². The maximum absolute atomic E-state index is 14.5. The number of esters is 2. The molecule has 0 aliphatic heterocycles. The van der Waals surface area contributed by atoms with Gasteiger partial charge in [0.2, 0.25) is 0 Å². The lowest BCUT2D eigenvalue weighted by Crippen LogP contribution is -2.61. The van der Waals surface area contributed by atoms with Crippen LogP contribution in [-0.4, -0.2) is 85.5 Å². The fourth-order valence-corrected chi connectivity index (χ4v) is 6.61. The molecule has 0 aromatic rings. The summed E-state index contributed by atoms with van der Waals surface area (Å²) >= 11 is 0. The molecule has 0 fully saturated rings. The Bertz CT molecular complexity index is 1000. The van der Waals surface area contributed by atoms with E-state index in [1.54, 1.807) is 0 Å². The molecule has 12 heteroatoms. The van der Waals surface area contributed by atoms with Gasteiger partial charge in [-0.2, -0.15) is 0 Å². The summed E-state index contributed by atoms with van der Waals surface area (Å²) < 4.78 is 36.1. The molecule has 1 N–H and O–H groups in total. The SMILES string of the molecule is CCCCCCCC(=O)O[C@@H](COP(=O)(O)OCC[N+](C)(C)C)C(OC(=O)CCCCCCC)(C(=O)CCCCCCC)C(=O)CCCCCCC. The number of rotatable bonds is 36. The minimum Gasteiger partial charge on any atom is -0.455 e. The van der Waals surface area contributed by atoms with Crippen molar-refractivity contribution < 1.29 is 51.6 Å². The van der Waals surface area contributed by atoms with Crippen LogP contribution in [0.3, 0.4) is 0 Å². The summed E-state index contributed by atoms with van der Waals surface area (Å²) in [7, 11) is 0.970. The van der Waals surface area contributed by atoms with Crippen molar-refractivity contribution in [2.75, 3.05) is 40.9 Å². The monoisotopic (exact) mass is 763 g/mol. The Hall–Kier alpha value is -1.65. The number of carbonyl (C=O) groups excluding carboxylic acids is 4. The van der Waals surface area contributed by atoms with Crippen LogP contribution < -0.4 is 0 Å². The zero-order valence-corrected chi connectivity index (χ0v) is 35.1. The third kappa shape index (κ3) is 23.9. The van der Waals surface area contributed by atoms with Crippen LogP contribution in [0.25, 0.3) is 0 Å². The number of ether oxygens (including phenoxy) is 2. The number of hydrogen-bond donors (Lipinski definition) is 1. The second-order valence-electron chi connectivity index (χ2n) is 15.3. The molecule has 0 saturated heterocycles. The second-order valence-corrected chi connectivity index (χ2v) is 16.8. The Kier molecular flexibility index (Phi) is 28.7. The number of carbonyl (C=O) groups is 4. The summed E-state index contributed by atoms with van der Waals surface area (Å²) in [4.78, 5) is 66.6. The van der Waals surface area contributed by atoms with E-state index < -0.39 is 49.6 Å². The van der Waals surface area contributed by atoms with Gasteiger partial charge in [-0.1, -0.05) is 130 Å². The van der Waals surface area contributed by atoms with E-state index in [4.69, 9.17) is 18.5 Å². The van der Waals surface area contributed by atoms with E-state index in [1.165, 1.54) is 0 Å². The molecule has 52 heavy (non-hydrogen) atoms. The van der Waals surface area contributed by atoms with Crippen LogP contribution in [0.1, 0.15) is 182 Å². The third-order valence-electron chi connectivity index (χ3n) is 9.22. The van der Waals surface area contributed by atoms with Gasteiger partial charge in [0.05, 0.1) is 21.1 Å². The average Bonchev–Trinajstić information content (AvgIpc) is 3.07. The molecule has 2 atom stereocenters. The highest BCUT2D eigenvalue weighted by Gasteiger charge is 2.57. The second kappa shape index (κ2) is 29.7. The predicted molar refractivity (Wildman–Crippen MR) is 207 cm³/mol. The van der Waals surface area contributed by atoms with Crippen LogP contribution in [0.15, 0.2) is 0 Å². The molecule has 0 heterocycles. The standard InChI is InChI=1S/C40H76NO10P/c1-8-12-16-20-24-28-35(42)40(36(43)29-25-21-17-13-9-2,51-39(45)31-27-23-19-15-11-4)37(50-38(44)30-26-22-18-14-10-3)34-49-52(46,47)48-33-32-41(5,6)7/h37H,8-34H2,1-7H3/p+1/t37-/m0/s1. The maximum Gasteiger partial charge on any atom is 0.472 e. The molecule has 0 amide bonds. The van der Waals surface area contributed by atoms with Crippen LogP contribution in [0.2, 0.25) is 0 Å². The van der Waals surface area contributed by atoms with Gasteiger partial charge >= 0.3 is 19.8 Å². The average molecular weight is 763 g/mol. The van der Waals surface area contributed by atoms with Gasteiger partial charge in [0.15, 0.2) is 17.7 Å². The van der Waals surface area contributed by atoms with E-state index in [0.29, 0.717) is 36.7 Å². The van der Waals surface area contributed by atoms with Crippen molar-refractivity contribution in [1.29, 1.82) is 0 Å². The molecule has 0 aromatic heterocycles. The molecule has 0 spiro atoms. The van der Waals surface area contributed by atoms with Crippen molar-refractivity contribution in [3.05, 3.63) is 0 Å². The minimum atomic E-state index is -4.73. The van der Waals surface area contributed by atoms with Crippen molar-refractivity contribution in [2.24, 2.45) is 0 Å². The quantitative estimate of drug-likeness (QED) is 0.0216. The summed E-state index contributed by atoms with van der Waals surface area (Å²) in [5.74, 6) is -2.80. The molecule has 306 valence electrons. The number of unbranched alkanes of at least 4 members (excludes halogenated alkanes) is 16. The van der Waals surface area contributed by atoms with E-state index >= 15 is 0 Å². The Labute approximate surface area is 316 Å². The summed E-state index contributed by atoms with van der Waals surface area (Å²) in [6.07, 6.45) is 14.8. The molecule has 0 aromatic carbocycles. The summed E-state index contributed by atoms with van der Waals surface area (Å²) in [5, 5.41) is 0. The Morgan fingerprint density at radius 1 is 0.577 bits per heavy atom. The van der Waals surface area contributed by atoms with Crippen LogP contribution in [0.4, 0.5) is 0 Å². The van der Waals surface area contributed by atoms with Gasteiger partial charge in [0.1, 0.15) is 19.8 Å². The van der Waals surface area contributed by atoms with Crippen LogP contribution in [0.5, 0.6) is 0 Å². The molecule has 0 aliphatic rings. The summed E-state index contributed by atoms with van der Waals surface area (Å²) in [6.45, 7) is 7.82. The number of phosphoric ester groups is 1. The number of phosphoric acid groups is 1. The topological polar surface area (TPSA) is 142 Å². The van der Waals surface area contributed by atoms with Crippen LogP contribution in [-0.2, 0) is 42.3 Å². The van der Waals surface area contributed by atoms with Gasteiger partial charge in [-0.25, -0.2) is 4.57 Å². The lowest BCUT2D eigenvalue weighted by Gasteiger charge is -2.37. The van der Waals surface area contributed by atoms with Crippen molar-refractivity contribution in [3.63, 3.8) is 0 Å². The summed E-state index contributed by atoms with van der Waals surface area (Å²) in [6, 6.07) is 0. The molecule has 11 nitrogen and oxygen atoms in total. The molecule has 0 rings (SSSR count). The van der Waals surface area contributed by atoms with E-state index in [0.717, 1.165) is 103 Å². The van der Waals surface area contributed by atoms with Gasteiger partial charge in [0.25, 0.3) is 5.60 Å². The van der Waals surface area contributed by atoms with Crippen molar-refractivity contribution in [1.82, 2.24) is 0 Å². The smallest absolute Gasteiger partial charge is 0.455 e.